The fourth-order valence-electron chi connectivity index (χ4n) is 2.41. The molecule has 0 bridgehead atoms. The highest BCUT2D eigenvalue weighted by atomic mass is 32.1. The first-order valence-corrected chi connectivity index (χ1v) is 8.64. The SMILES string of the molecule is NC(=O)[C@H](Cc1ccccc1)NC(=O)[C@H](Cc1cnc[nH]1)NC(=O)CS. The number of nitrogens with two attached hydrogens (primary N) is 1. The van der Waals surface area contributed by atoms with E-state index in [1.54, 1.807) is 6.20 Å². The number of H-pyrrole nitrogens is 1. The molecule has 8 nitrogen and oxygen atoms in total. The zero-order valence-electron chi connectivity index (χ0n) is 14.0. The van der Waals surface area contributed by atoms with E-state index >= 15 is 0 Å². The van der Waals surface area contributed by atoms with Gasteiger partial charge in [-0.15, -0.1) is 0 Å². The van der Waals surface area contributed by atoms with E-state index in [0.29, 0.717) is 5.69 Å². The Kier molecular flexibility index (Phi) is 7.22. The van der Waals surface area contributed by atoms with Crippen LogP contribution < -0.4 is 16.4 Å². The van der Waals surface area contributed by atoms with E-state index in [2.05, 4.69) is 33.2 Å². The second kappa shape index (κ2) is 9.62. The van der Waals surface area contributed by atoms with Crippen LogP contribution in [0.4, 0.5) is 0 Å². The van der Waals surface area contributed by atoms with Gasteiger partial charge >= 0.3 is 0 Å². The number of carbonyl (C=O) groups is 3. The first-order chi connectivity index (χ1) is 12.5. The van der Waals surface area contributed by atoms with Gasteiger partial charge in [0.1, 0.15) is 12.1 Å². The quantitative estimate of drug-likeness (QED) is 0.381. The maximum Gasteiger partial charge on any atom is 0.243 e. The number of nitrogens with zero attached hydrogens (tertiary/aromatic N) is 1. The number of thiol groups is 1. The van der Waals surface area contributed by atoms with Crippen molar-refractivity contribution in [3.8, 4) is 0 Å². The standard InChI is InChI=1S/C17H21N5O3S/c18-16(24)13(6-11-4-2-1-3-5-11)22-17(25)14(21-15(23)9-26)7-12-8-19-10-20-12/h1-5,8,10,13-14,26H,6-7,9H2,(H2,18,24)(H,19,20)(H,21,23)(H,22,25)/t13-,14-/m0/s1. The lowest BCUT2D eigenvalue weighted by atomic mass is 10.0. The van der Waals surface area contributed by atoms with Crippen LogP contribution in [-0.4, -0.2) is 45.5 Å². The molecule has 0 saturated carbocycles. The highest BCUT2D eigenvalue weighted by molar-refractivity contribution is 7.81. The number of carbonyl (C=O) groups excluding carboxylic acids is 3. The molecule has 138 valence electrons. The molecule has 0 aliphatic carbocycles. The van der Waals surface area contributed by atoms with Crippen LogP contribution in [0.3, 0.4) is 0 Å². The van der Waals surface area contributed by atoms with Gasteiger partial charge in [-0.3, -0.25) is 14.4 Å². The molecule has 0 aliphatic heterocycles. The first kappa shape index (κ1) is 19.5. The minimum absolute atomic E-state index is 0.0595. The molecule has 0 radical (unpaired) electrons. The molecule has 0 fully saturated rings. The van der Waals surface area contributed by atoms with E-state index in [1.165, 1.54) is 6.33 Å². The lowest BCUT2D eigenvalue weighted by Gasteiger charge is -2.21. The molecule has 0 saturated heterocycles. The number of hydrogen-bond donors (Lipinski definition) is 5. The lowest BCUT2D eigenvalue weighted by Crippen LogP contribution is -2.54. The third-order valence-electron chi connectivity index (χ3n) is 3.72. The number of amides is 3. The minimum atomic E-state index is -0.887. The molecular weight excluding hydrogens is 354 g/mol. The summed E-state index contributed by atoms with van der Waals surface area (Å²) < 4.78 is 0. The Hall–Kier alpha value is -2.81. The van der Waals surface area contributed by atoms with E-state index in [0.717, 1.165) is 5.56 Å². The van der Waals surface area contributed by atoms with Gasteiger partial charge in [0.15, 0.2) is 0 Å². The van der Waals surface area contributed by atoms with Crippen LogP contribution in [0.2, 0.25) is 0 Å². The number of nitrogens with one attached hydrogen (secondary N) is 3. The van der Waals surface area contributed by atoms with Crippen molar-refractivity contribution >= 4 is 30.4 Å². The Morgan fingerprint density at radius 1 is 1.12 bits per heavy atom. The number of aromatic nitrogens is 2. The summed E-state index contributed by atoms with van der Waals surface area (Å²) in [6.45, 7) is 0. The Morgan fingerprint density at radius 3 is 2.42 bits per heavy atom. The van der Waals surface area contributed by atoms with E-state index in [-0.39, 0.29) is 18.6 Å². The molecule has 2 rings (SSSR count). The van der Waals surface area contributed by atoms with Crippen molar-refractivity contribution in [2.75, 3.05) is 5.75 Å². The second-order valence-corrected chi connectivity index (χ2v) is 6.03. The molecule has 5 N–H and O–H groups in total. The maximum absolute atomic E-state index is 12.6. The summed E-state index contributed by atoms with van der Waals surface area (Å²) in [6.07, 6.45) is 3.50. The van der Waals surface area contributed by atoms with Crippen LogP contribution >= 0.6 is 12.6 Å². The third-order valence-corrected chi connectivity index (χ3v) is 4.00. The Balaban J connectivity index is 2.08. The van der Waals surface area contributed by atoms with Crippen molar-refractivity contribution in [2.24, 2.45) is 5.73 Å². The lowest BCUT2D eigenvalue weighted by molar-refractivity contribution is -0.130. The number of hydrogen-bond acceptors (Lipinski definition) is 5. The summed E-state index contributed by atoms with van der Waals surface area (Å²) in [5.74, 6) is -1.61. The van der Waals surface area contributed by atoms with Crippen LogP contribution in [0.15, 0.2) is 42.9 Å². The van der Waals surface area contributed by atoms with Crippen molar-refractivity contribution < 1.29 is 14.4 Å². The van der Waals surface area contributed by atoms with Gasteiger partial charge in [-0.25, -0.2) is 4.98 Å². The Morgan fingerprint density at radius 2 is 1.85 bits per heavy atom. The average molecular weight is 375 g/mol. The summed E-state index contributed by atoms with van der Waals surface area (Å²) in [4.78, 5) is 42.8. The fourth-order valence-corrected chi connectivity index (χ4v) is 2.50. The molecule has 1 aromatic carbocycles. The Labute approximate surface area is 156 Å². The third kappa shape index (κ3) is 5.92. The number of imidazole rings is 1. The molecular formula is C17H21N5O3S. The topological polar surface area (TPSA) is 130 Å². The predicted molar refractivity (Wildman–Crippen MR) is 99.3 cm³/mol. The van der Waals surface area contributed by atoms with Crippen LogP contribution in [0.25, 0.3) is 0 Å². The molecule has 2 aromatic rings. The van der Waals surface area contributed by atoms with Crippen molar-refractivity contribution in [3.05, 3.63) is 54.1 Å². The predicted octanol–water partition coefficient (Wildman–Crippen LogP) is -0.420. The minimum Gasteiger partial charge on any atom is -0.368 e. The van der Waals surface area contributed by atoms with Gasteiger partial charge in [-0.05, 0) is 5.56 Å². The zero-order chi connectivity index (χ0) is 18.9. The van der Waals surface area contributed by atoms with Gasteiger partial charge in [0, 0.05) is 24.7 Å². The second-order valence-electron chi connectivity index (χ2n) is 5.71. The molecule has 9 heteroatoms. The van der Waals surface area contributed by atoms with Crippen LogP contribution in [0, 0.1) is 0 Å². The number of primary amides is 1. The first-order valence-electron chi connectivity index (χ1n) is 8.00. The van der Waals surface area contributed by atoms with E-state index in [4.69, 9.17) is 5.73 Å². The molecule has 1 heterocycles. The summed E-state index contributed by atoms with van der Waals surface area (Å²) in [5, 5.41) is 5.21. The van der Waals surface area contributed by atoms with Gasteiger partial charge in [0.05, 0.1) is 12.1 Å². The van der Waals surface area contributed by atoms with E-state index < -0.39 is 29.8 Å². The van der Waals surface area contributed by atoms with Crippen molar-refractivity contribution in [1.82, 2.24) is 20.6 Å². The molecule has 0 aliphatic rings. The van der Waals surface area contributed by atoms with Gasteiger partial charge in [0.25, 0.3) is 0 Å². The van der Waals surface area contributed by atoms with Gasteiger partial charge in [-0.2, -0.15) is 12.6 Å². The molecule has 0 unspecified atom stereocenters. The molecule has 1 aromatic heterocycles. The fraction of sp³-hybridized carbons (Fsp3) is 0.294. The highest BCUT2D eigenvalue weighted by Crippen LogP contribution is 2.05. The molecule has 3 amide bonds. The summed E-state index contributed by atoms with van der Waals surface area (Å²) in [6, 6.07) is 7.44. The van der Waals surface area contributed by atoms with Crippen LogP contribution in [0.5, 0.6) is 0 Å². The number of rotatable bonds is 9. The zero-order valence-corrected chi connectivity index (χ0v) is 14.9. The van der Waals surface area contributed by atoms with Gasteiger partial charge in [0.2, 0.25) is 17.7 Å². The summed E-state index contributed by atoms with van der Waals surface area (Å²) >= 11 is 3.90. The maximum atomic E-state index is 12.6. The molecule has 0 spiro atoms. The largest absolute Gasteiger partial charge is 0.368 e. The van der Waals surface area contributed by atoms with E-state index in [9.17, 15) is 14.4 Å². The summed E-state index contributed by atoms with van der Waals surface area (Å²) in [5.41, 5.74) is 6.96. The molecule has 2 atom stereocenters. The van der Waals surface area contributed by atoms with Crippen molar-refractivity contribution in [1.29, 1.82) is 0 Å². The van der Waals surface area contributed by atoms with Crippen LogP contribution in [0.1, 0.15) is 11.3 Å². The highest BCUT2D eigenvalue weighted by Gasteiger charge is 2.26. The van der Waals surface area contributed by atoms with Crippen LogP contribution in [-0.2, 0) is 27.2 Å². The average Bonchev–Trinajstić information content (AvgIpc) is 3.14. The number of aromatic amines is 1. The summed E-state index contributed by atoms with van der Waals surface area (Å²) in [7, 11) is 0. The molecule has 26 heavy (non-hydrogen) atoms. The smallest absolute Gasteiger partial charge is 0.243 e. The van der Waals surface area contributed by atoms with Gasteiger partial charge in [-0.1, -0.05) is 30.3 Å². The number of benzene rings is 1. The van der Waals surface area contributed by atoms with E-state index in [1.807, 2.05) is 30.3 Å². The van der Waals surface area contributed by atoms with Crippen molar-refractivity contribution in [3.63, 3.8) is 0 Å². The monoisotopic (exact) mass is 375 g/mol. The van der Waals surface area contributed by atoms with Crippen molar-refractivity contribution in [2.45, 2.75) is 24.9 Å². The normalized spacial score (nSPS) is 12.8. The Bertz CT molecular complexity index is 736. The van der Waals surface area contributed by atoms with Gasteiger partial charge < -0.3 is 21.4 Å².